The van der Waals surface area contributed by atoms with Gasteiger partial charge in [0.15, 0.2) is 6.10 Å². The van der Waals surface area contributed by atoms with Crippen LogP contribution in [-0.2, 0) is 19.1 Å². The topological polar surface area (TPSA) is 88.6 Å². The maximum atomic E-state index is 13.8. The van der Waals surface area contributed by atoms with Gasteiger partial charge in [0, 0.05) is 22.5 Å². The van der Waals surface area contributed by atoms with Crippen molar-refractivity contribution in [3.63, 3.8) is 0 Å². The van der Waals surface area contributed by atoms with Crippen LogP contribution in [0.3, 0.4) is 0 Å². The number of carbonyl (C=O) groups excluding carboxylic acids is 3. The molecule has 2 aromatic carbocycles. The van der Waals surface area contributed by atoms with Crippen molar-refractivity contribution >= 4 is 47.9 Å². The number of thioether (sulfide) groups is 2. The van der Waals surface area contributed by atoms with Crippen LogP contribution in [0.5, 0.6) is 0 Å². The number of fused-ring (bicyclic) bond motifs is 1. The summed E-state index contributed by atoms with van der Waals surface area (Å²) in [5.41, 5.74) is 3.73. The smallest absolute Gasteiger partial charge is 0.356 e. The maximum absolute atomic E-state index is 13.8. The minimum atomic E-state index is -0.667. The zero-order valence-corrected chi connectivity index (χ0v) is 22.2. The van der Waals surface area contributed by atoms with Gasteiger partial charge in [0.05, 0.1) is 0 Å². The number of carbonyl (C=O) groups is 3. The van der Waals surface area contributed by atoms with Crippen LogP contribution < -0.4 is 5.32 Å². The second kappa shape index (κ2) is 11.7. The molecular weight excluding hydrogens is 518 g/mol. The van der Waals surface area contributed by atoms with E-state index in [4.69, 9.17) is 4.74 Å². The van der Waals surface area contributed by atoms with E-state index in [0.717, 1.165) is 22.4 Å². The van der Waals surface area contributed by atoms with Gasteiger partial charge in [-0.3, -0.25) is 19.5 Å². The van der Waals surface area contributed by atoms with Gasteiger partial charge in [0.25, 0.3) is 5.91 Å². The normalized spacial score (nSPS) is 18.8. The van der Waals surface area contributed by atoms with Crippen molar-refractivity contribution in [2.75, 3.05) is 5.75 Å². The number of esters is 1. The molecular formula is C29H25N3O4S2. The molecule has 0 saturated carbocycles. The van der Waals surface area contributed by atoms with Crippen LogP contribution >= 0.6 is 23.5 Å². The van der Waals surface area contributed by atoms with Gasteiger partial charge in [0.2, 0.25) is 6.41 Å². The highest BCUT2D eigenvalue weighted by atomic mass is 32.2. The minimum Gasteiger partial charge on any atom is -0.448 e. The molecule has 7 nitrogen and oxygen atoms in total. The Balaban J connectivity index is 1.46. The van der Waals surface area contributed by atoms with Gasteiger partial charge in [-0.15, -0.1) is 11.8 Å². The molecule has 1 unspecified atom stereocenters. The summed E-state index contributed by atoms with van der Waals surface area (Å²) in [7, 11) is 0. The summed E-state index contributed by atoms with van der Waals surface area (Å²) in [5, 5.41) is 4.09. The number of hydrogen-bond donors (Lipinski definition) is 1. The summed E-state index contributed by atoms with van der Waals surface area (Å²) >= 11 is 2.88. The fraction of sp³-hybridized carbons (Fsp3) is 0.172. The minimum absolute atomic E-state index is 0.219. The molecule has 0 radical (unpaired) electrons. The van der Waals surface area contributed by atoms with E-state index in [-0.39, 0.29) is 17.0 Å². The first-order chi connectivity index (χ1) is 18.6. The number of amides is 2. The largest absolute Gasteiger partial charge is 0.448 e. The van der Waals surface area contributed by atoms with Gasteiger partial charge in [-0.2, -0.15) is 0 Å². The molecule has 1 saturated heterocycles. The lowest BCUT2D eigenvalue weighted by Gasteiger charge is -2.49. The summed E-state index contributed by atoms with van der Waals surface area (Å²) in [6.07, 6.45) is 3.56. The first kappa shape index (κ1) is 25.8. The van der Waals surface area contributed by atoms with Gasteiger partial charge < -0.3 is 10.1 Å². The zero-order chi connectivity index (χ0) is 26.5. The lowest BCUT2D eigenvalue weighted by molar-refractivity contribution is -0.154. The second-order valence-corrected chi connectivity index (χ2v) is 10.8. The van der Waals surface area contributed by atoms with Gasteiger partial charge in [0.1, 0.15) is 17.1 Å². The van der Waals surface area contributed by atoms with Crippen LogP contribution in [0.1, 0.15) is 28.5 Å². The first-order valence-electron chi connectivity index (χ1n) is 12.0. The molecule has 0 bridgehead atoms. The van der Waals surface area contributed by atoms with Crippen LogP contribution in [0.2, 0.25) is 0 Å². The molecule has 0 spiro atoms. The molecule has 2 aliphatic rings. The number of nitrogens with one attached hydrogen (secondary N) is 1. The quantitative estimate of drug-likeness (QED) is 0.238. The van der Waals surface area contributed by atoms with E-state index >= 15 is 0 Å². The van der Waals surface area contributed by atoms with Gasteiger partial charge >= 0.3 is 5.97 Å². The van der Waals surface area contributed by atoms with E-state index in [9.17, 15) is 14.4 Å². The van der Waals surface area contributed by atoms with E-state index in [2.05, 4.69) is 10.3 Å². The van der Waals surface area contributed by atoms with Gasteiger partial charge in [-0.05, 0) is 41.2 Å². The maximum Gasteiger partial charge on any atom is 0.356 e. The molecule has 5 rings (SSSR count). The molecule has 192 valence electrons. The Morgan fingerprint density at radius 2 is 1.79 bits per heavy atom. The Bertz CT molecular complexity index is 1340. The summed E-state index contributed by atoms with van der Waals surface area (Å²) in [4.78, 5) is 44.4. The molecule has 2 atom stereocenters. The number of pyridine rings is 1. The summed E-state index contributed by atoms with van der Waals surface area (Å²) in [5.74, 6) is -0.417. The fourth-order valence-corrected chi connectivity index (χ4v) is 6.65. The highest BCUT2D eigenvalue weighted by molar-refractivity contribution is 8.08. The predicted octanol–water partition coefficient (Wildman–Crippen LogP) is 4.67. The lowest BCUT2D eigenvalue weighted by Crippen LogP contribution is -2.69. The van der Waals surface area contributed by atoms with Crippen molar-refractivity contribution in [1.82, 2.24) is 15.2 Å². The predicted molar refractivity (Wildman–Crippen MR) is 150 cm³/mol. The van der Waals surface area contributed by atoms with Crippen molar-refractivity contribution in [2.45, 2.75) is 24.4 Å². The van der Waals surface area contributed by atoms with E-state index in [1.165, 1.54) is 28.4 Å². The molecule has 0 aliphatic carbocycles. The Hall–Kier alpha value is -3.82. The van der Waals surface area contributed by atoms with Crippen molar-refractivity contribution in [3.8, 4) is 0 Å². The number of nitrogens with zero attached hydrogens (tertiary/aromatic N) is 2. The number of rotatable bonds is 9. The summed E-state index contributed by atoms with van der Waals surface area (Å²) in [6.45, 7) is 1.93. The van der Waals surface area contributed by atoms with Gasteiger partial charge in [-0.25, -0.2) is 4.79 Å². The van der Waals surface area contributed by atoms with Crippen LogP contribution in [-0.4, -0.2) is 45.3 Å². The molecule has 1 fully saturated rings. The Morgan fingerprint density at radius 1 is 1.11 bits per heavy atom. The van der Waals surface area contributed by atoms with Crippen molar-refractivity contribution in [3.05, 3.63) is 117 Å². The summed E-state index contributed by atoms with van der Waals surface area (Å²) in [6, 6.07) is 22.3. The lowest BCUT2D eigenvalue weighted by atomic mass is 10.0. The SMILES string of the molecule is Cc1ccc(/C=C\SC2=C(C(=O)OC(c3ccccc3)c3ccccc3)N3C(=O)C(NC=O)[C@H]3SC2)cn1. The molecule has 9 heteroatoms. The van der Waals surface area contributed by atoms with Crippen molar-refractivity contribution < 1.29 is 19.1 Å². The zero-order valence-electron chi connectivity index (χ0n) is 20.5. The number of ether oxygens (including phenoxy) is 1. The number of hydrogen-bond acceptors (Lipinski definition) is 7. The van der Waals surface area contributed by atoms with Crippen LogP contribution in [0.4, 0.5) is 0 Å². The molecule has 2 amide bonds. The highest BCUT2D eigenvalue weighted by Crippen LogP contribution is 2.44. The van der Waals surface area contributed by atoms with E-state index in [0.29, 0.717) is 17.1 Å². The number of aromatic nitrogens is 1. The average Bonchev–Trinajstić information content (AvgIpc) is 2.96. The van der Waals surface area contributed by atoms with Gasteiger partial charge in [-0.1, -0.05) is 78.5 Å². The third-order valence-corrected chi connectivity index (χ3v) is 8.57. The Morgan fingerprint density at radius 3 is 2.39 bits per heavy atom. The number of benzene rings is 2. The summed E-state index contributed by atoms with van der Waals surface area (Å²) < 4.78 is 6.13. The third kappa shape index (κ3) is 5.39. The molecule has 3 aromatic rings. The fourth-order valence-electron chi connectivity index (χ4n) is 4.28. The molecule has 2 aliphatic heterocycles. The van der Waals surface area contributed by atoms with E-state index < -0.39 is 18.1 Å². The van der Waals surface area contributed by atoms with E-state index in [1.807, 2.05) is 91.2 Å². The van der Waals surface area contributed by atoms with Crippen LogP contribution in [0.15, 0.2) is 95.0 Å². The van der Waals surface area contributed by atoms with Crippen LogP contribution in [0.25, 0.3) is 6.08 Å². The Labute approximate surface area is 229 Å². The third-order valence-electron chi connectivity index (χ3n) is 6.21. The Kier molecular flexibility index (Phi) is 7.95. The van der Waals surface area contributed by atoms with Crippen LogP contribution in [0, 0.1) is 6.92 Å². The van der Waals surface area contributed by atoms with Crippen molar-refractivity contribution in [1.29, 1.82) is 0 Å². The number of β-lactam (4-membered cyclic amide) rings is 1. The second-order valence-electron chi connectivity index (χ2n) is 8.70. The molecule has 38 heavy (non-hydrogen) atoms. The highest BCUT2D eigenvalue weighted by Gasteiger charge is 2.54. The molecule has 1 N–H and O–H groups in total. The molecule has 3 heterocycles. The average molecular weight is 544 g/mol. The number of aryl methyl sites for hydroxylation is 1. The van der Waals surface area contributed by atoms with Crippen molar-refractivity contribution in [2.24, 2.45) is 0 Å². The monoisotopic (exact) mass is 543 g/mol. The standard InChI is InChI=1S/C29H25N3O4S2/c1-19-12-13-20(16-30-19)14-15-37-23-17-38-28-24(31-18-33)27(34)32(28)25(23)29(35)36-26(21-8-4-2-5-9-21)22-10-6-3-7-11-22/h2-16,18,24,26,28H,17H2,1H3,(H,31,33)/b15-14-/t24?,28-/m1/s1. The first-order valence-corrected chi connectivity index (χ1v) is 13.9. The van der Waals surface area contributed by atoms with E-state index in [1.54, 1.807) is 6.20 Å². The molecule has 1 aromatic heterocycles.